The van der Waals surface area contributed by atoms with E-state index in [4.69, 9.17) is 11.6 Å². The molecule has 2 rings (SSSR count). The van der Waals surface area contributed by atoms with Crippen molar-refractivity contribution in [3.63, 3.8) is 0 Å². The third kappa shape index (κ3) is 3.12. The fourth-order valence-corrected chi connectivity index (χ4v) is 1.97. The van der Waals surface area contributed by atoms with E-state index in [2.05, 4.69) is 48.5 Å². The number of halogens is 1. The van der Waals surface area contributed by atoms with Gasteiger partial charge >= 0.3 is 0 Å². The SMILES string of the molecule is CCCNC(C)c1ccc(-n2cc(Cl)cn2)cc1. The lowest BCUT2D eigenvalue weighted by Crippen LogP contribution is -2.19. The molecular formula is C14H18ClN3. The molecule has 0 aliphatic heterocycles. The lowest BCUT2D eigenvalue weighted by molar-refractivity contribution is 0.570. The standard InChI is InChI=1S/C14H18ClN3/c1-3-8-16-11(2)12-4-6-14(7-5-12)18-10-13(15)9-17-18/h4-7,9-11,16H,3,8H2,1-2H3. The first-order valence-corrected chi connectivity index (χ1v) is 6.62. The zero-order chi connectivity index (χ0) is 13.0. The highest BCUT2D eigenvalue weighted by molar-refractivity contribution is 6.30. The zero-order valence-electron chi connectivity index (χ0n) is 10.7. The Hall–Kier alpha value is -1.32. The van der Waals surface area contributed by atoms with Gasteiger partial charge in [0.1, 0.15) is 0 Å². The molecule has 1 N–H and O–H groups in total. The van der Waals surface area contributed by atoms with Gasteiger partial charge in [0, 0.05) is 12.2 Å². The van der Waals surface area contributed by atoms with E-state index in [1.54, 1.807) is 17.1 Å². The van der Waals surface area contributed by atoms with E-state index < -0.39 is 0 Å². The van der Waals surface area contributed by atoms with Crippen molar-refractivity contribution in [1.29, 1.82) is 0 Å². The lowest BCUT2D eigenvalue weighted by Gasteiger charge is -2.14. The molecule has 96 valence electrons. The molecule has 18 heavy (non-hydrogen) atoms. The Balaban J connectivity index is 2.10. The van der Waals surface area contributed by atoms with Crippen LogP contribution in [0.25, 0.3) is 5.69 Å². The molecule has 0 saturated carbocycles. The Morgan fingerprint density at radius 1 is 1.33 bits per heavy atom. The predicted molar refractivity (Wildman–Crippen MR) is 75.3 cm³/mol. The van der Waals surface area contributed by atoms with Crippen molar-refractivity contribution >= 4 is 11.6 Å². The number of rotatable bonds is 5. The van der Waals surface area contributed by atoms with Gasteiger partial charge in [0.25, 0.3) is 0 Å². The number of aromatic nitrogens is 2. The Bertz CT molecular complexity index is 490. The highest BCUT2D eigenvalue weighted by Crippen LogP contribution is 2.16. The van der Waals surface area contributed by atoms with Crippen molar-refractivity contribution in [2.45, 2.75) is 26.3 Å². The second kappa shape index (κ2) is 6.03. The summed E-state index contributed by atoms with van der Waals surface area (Å²) in [4.78, 5) is 0. The summed E-state index contributed by atoms with van der Waals surface area (Å²) < 4.78 is 1.77. The van der Waals surface area contributed by atoms with Gasteiger partial charge in [0.05, 0.1) is 16.9 Å². The molecule has 3 nitrogen and oxygen atoms in total. The Morgan fingerprint density at radius 2 is 2.06 bits per heavy atom. The first-order chi connectivity index (χ1) is 8.70. The number of nitrogens with zero attached hydrogens (tertiary/aromatic N) is 2. The summed E-state index contributed by atoms with van der Waals surface area (Å²) in [5.74, 6) is 0. The molecule has 0 bridgehead atoms. The van der Waals surface area contributed by atoms with Crippen molar-refractivity contribution in [1.82, 2.24) is 15.1 Å². The smallest absolute Gasteiger partial charge is 0.0790 e. The minimum atomic E-state index is 0.375. The molecule has 0 amide bonds. The van der Waals surface area contributed by atoms with Gasteiger partial charge in [-0.25, -0.2) is 4.68 Å². The topological polar surface area (TPSA) is 29.9 Å². The first kappa shape index (κ1) is 13.1. The van der Waals surface area contributed by atoms with Crippen LogP contribution in [0.2, 0.25) is 5.02 Å². The van der Waals surface area contributed by atoms with Crippen molar-refractivity contribution in [3.8, 4) is 5.69 Å². The Kier molecular flexibility index (Phi) is 4.39. The largest absolute Gasteiger partial charge is 0.310 e. The maximum Gasteiger partial charge on any atom is 0.0790 e. The highest BCUT2D eigenvalue weighted by Gasteiger charge is 2.04. The average molecular weight is 264 g/mol. The average Bonchev–Trinajstić information content (AvgIpc) is 2.83. The van der Waals surface area contributed by atoms with E-state index in [1.165, 1.54) is 5.56 Å². The van der Waals surface area contributed by atoms with Crippen LogP contribution in [-0.2, 0) is 0 Å². The minimum Gasteiger partial charge on any atom is -0.310 e. The molecule has 0 aliphatic rings. The molecule has 1 aromatic heterocycles. The van der Waals surface area contributed by atoms with E-state index in [0.29, 0.717) is 11.1 Å². The van der Waals surface area contributed by atoms with Crippen molar-refractivity contribution < 1.29 is 0 Å². The monoisotopic (exact) mass is 263 g/mol. The molecule has 0 spiro atoms. The molecule has 0 radical (unpaired) electrons. The van der Waals surface area contributed by atoms with E-state index in [1.807, 2.05) is 0 Å². The third-order valence-electron chi connectivity index (χ3n) is 2.91. The lowest BCUT2D eigenvalue weighted by atomic mass is 10.1. The van der Waals surface area contributed by atoms with Gasteiger partial charge in [-0.15, -0.1) is 0 Å². The number of hydrogen-bond acceptors (Lipinski definition) is 2. The van der Waals surface area contributed by atoms with Crippen LogP contribution in [0.1, 0.15) is 31.9 Å². The first-order valence-electron chi connectivity index (χ1n) is 6.24. The van der Waals surface area contributed by atoms with Crippen LogP contribution in [0, 0.1) is 0 Å². The van der Waals surface area contributed by atoms with E-state index in [-0.39, 0.29) is 0 Å². The fraction of sp³-hybridized carbons (Fsp3) is 0.357. The van der Waals surface area contributed by atoms with Gasteiger partial charge in [-0.3, -0.25) is 0 Å². The summed E-state index contributed by atoms with van der Waals surface area (Å²) in [6, 6.07) is 8.74. The van der Waals surface area contributed by atoms with Crippen LogP contribution in [0.4, 0.5) is 0 Å². The van der Waals surface area contributed by atoms with Crippen LogP contribution < -0.4 is 5.32 Å². The van der Waals surface area contributed by atoms with Crippen LogP contribution in [-0.4, -0.2) is 16.3 Å². The Labute approximate surface area is 113 Å². The summed E-state index contributed by atoms with van der Waals surface area (Å²) in [5, 5.41) is 8.30. The summed E-state index contributed by atoms with van der Waals surface area (Å²) in [6.07, 6.45) is 4.59. The molecule has 1 atom stereocenters. The second-order valence-electron chi connectivity index (χ2n) is 4.37. The fourth-order valence-electron chi connectivity index (χ4n) is 1.84. The summed E-state index contributed by atoms with van der Waals surface area (Å²) in [7, 11) is 0. The van der Waals surface area contributed by atoms with Crippen LogP contribution >= 0.6 is 11.6 Å². The molecule has 4 heteroatoms. The highest BCUT2D eigenvalue weighted by atomic mass is 35.5. The van der Waals surface area contributed by atoms with E-state index in [0.717, 1.165) is 18.7 Å². The van der Waals surface area contributed by atoms with Crippen molar-refractivity contribution in [2.24, 2.45) is 0 Å². The van der Waals surface area contributed by atoms with Crippen LogP contribution in [0.5, 0.6) is 0 Å². The van der Waals surface area contributed by atoms with E-state index in [9.17, 15) is 0 Å². The maximum atomic E-state index is 5.86. The molecule has 1 unspecified atom stereocenters. The van der Waals surface area contributed by atoms with E-state index >= 15 is 0 Å². The maximum absolute atomic E-state index is 5.86. The van der Waals surface area contributed by atoms with Crippen molar-refractivity contribution in [3.05, 3.63) is 47.2 Å². The van der Waals surface area contributed by atoms with Crippen LogP contribution in [0.15, 0.2) is 36.7 Å². The van der Waals surface area contributed by atoms with Gasteiger partial charge in [0.2, 0.25) is 0 Å². The van der Waals surface area contributed by atoms with Crippen LogP contribution in [0.3, 0.4) is 0 Å². The summed E-state index contributed by atoms with van der Waals surface area (Å²) >= 11 is 5.86. The molecule has 0 aliphatic carbocycles. The predicted octanol–water partition coefficient (Wildman–Crippen LogP) is 3.59. The molecule has 0 fully saturated rings. The normalized spacial score (nSPS) is 12.6. The number of benzene rings is 1. The molecule has 2 aromatic rings. The molecule has 0 saturated heterocycles. The summed E-state index contributed by atoms with van der Waals surface area (Å²) in [5.41, 5.74) is 2.30. The molecule has 1 heterocycles. The third-order valence-corrected chi connectivity index (χ3v) is 3.10. The van der Waals surface area contributed by atoms with Gasteiger partial charge in [-0.2, -0.15) is 5.10 Å². The summed E-state index contributed by atoms with van der Waals surface area (Å²) in [6.45, 7) is 5.39. The van der Waals surface area contributed by atoms with Gasteiger partial charge in [0.15, 0.2) is 0 Å². The number of hydrogen-bond donors (Lipinski definition) is 1. The van der Waals surface area contributed by atoms with Gasteiger partial charge < -0.3 is 5.32 Å². The zero-order valence-corrected chi connectivity index (χ0v) is 11.5. The van der Waals surface area contributed by atoms with Gasteiger partial charge in [-0.1, -0.05) is 30.7 Å². The van der Waals surface area contributed by atoms with Crippen molar-refractivity contribution in [2.75, 3.05) is 6.54 Å². The molecular weight excluding hydrogens is 246 g/mol. The van der Waals surface area contributed by atoms with Gasteiger partial charge in [-0.05, 0) is 37.6 Å². The minimum absolute atomic E-state index is 0.375. The second-order valence-corrected chi connectivity index (χ2v) is 4.81. The number of nitrogens with one attached hydrogen (secondary N) is 1. The molecule has 1 aromatic carbocycles. The quantitative estimate of drug-likeness (QED) is 0.894. The Morgan fingerprint density at radius 3 is 2.61 bits per heavy atom.